The third-order valence-corrected chi connectivity index (χ3v) is 9.96. The molecule has 8 nitrogen and oxygen atoms in total. The molecular weight excluding hydrogens is 721 g/mol. The highest BCUT2D eigenvalue weighted by Crippen LogP contribution is 2.38. The minimum atomic E-state index is -4.54. The lowest BCUT2D eigenvalue weighted by atomic mass is 10.1. The van der Waals surface area contributed by atoms with Crippen molar-refractivity contribution >= 4 is 13.8 Å². The van der Waals surface area contributed by atoms with Gasteiger partial charge in [0.1, 0.15) is 19.3 Å². The van der Waals surface area contributed by atoms with Gasteiger partial charge in [0.05, 0.1) is 34.4 Å². The van der Waals surface area contributed by atoms with Gasteiger partial charge in [-0.2, -0.15) is 0 Å². The lowest BCUT2D eigenvalue weighted by Crippen LogP contribution is -2.37. The van der Waals surface area contributed by atoms with Crippen molar-refractivity contribution in [1.29, 1.82) is 0 Å². The van der Waals surface area contributed by atoms with Crippen LogP contribution >= 0.6 is 7.82 Å². The first-order valence-electron chi connectivity index (χ1n) is 22.2. The summed E-state index contributed by atoms with van der Waals surface area (Å²) in [5.74, 6) is -0.364. The van der Waals surface area contributed by atoms with Crippen LogP contribution < -0.4 is 4.89 Å². The molecule has 0 N–H and O–H groups in total. The summed E-state index contributed by atoms with van der Waals surface area (Å²) < 4.78 is 34.6. The zero-order valence-electron chi connectivity index (χ0n) is 36.6. The summed E-state index contributed by atoms with van der Waals surface area (Å²) in [6.45, 7) is 5.20. The van der Waals surface area contributed by atoms with Crippen LogP contribution in [0.15, 0.2) is 72.9 Å². The van der Waals surface area contributed by atoms with Crippen LogP contribution in [0.1, 0.15) is 162 Å². The minimum Gasteiger partial charge on any atom is -0.756 e. The van der Waals surface area contributed by atoms with Crippen molar-refractivity contribution in [2.24, 2.45) is 0 Å². The maximum Gasteiger partial charge on any atom is 0.306 e. The van der Waals surface area contributed by atoms with E-state index in [4.69, 9.17) is 18.5 Å². The Morgan fingerprint density at radius 1 is 0.571 bits per heavy atom. The Bertz CT molecular complexity index is 1120. The molecule has 0 aromatic rings. The summed E-state index contributed by atoms with van der Waals surface area (Å²) in [4.78, 5) is 25.1. The van der Waals surface area contributed by atoms with Crippen LogP contribution in [-0.2, 0) is 27.9 Å². The van der Waals surface area contributed by atoms with E-state index in [2.05, 4.69) is 86.8 Å². The number of unbranched alkanes of at least 4 members (excludes halogenated alkanes) is 14. The normalized spacial score (nSPS) is 14.5. The summed E-state index contributed by atoms with van der Waals surface area (Å²) in [5, 5.41) is 0. The third kappa shape index (κ3) is 43.1. The van der Waals surface area contributed by atoms with Gasteiger partial charge >= 0.3 is 5.97 Å². The van der Waals surface area contributed by atoms with Crippen molar-refractivity contribution in [3.05, 3.63) is 72.9 Å². The fourth-order valence-corrected chi connectivity index (χ4v) is 6.29. The number of hydrogen-bond donors (Lipinski definition) is 0. The van der Waals surface area contributed by atoms with Gasteiger partial charge in [-0.1, -0.05) is 145 Å². The molecule has 0 aliphatic heterocycles. The zero-order chi connectivity index (χ0) is 41.3. The Balaban J connectivity index is 4.32. The largest absolute Gasteiger partial charge is 0.756 e. The SMILES string of the molecule is CC/C=C\C/C=C\C/C=C\C/C=C\CCCCCCC(=O)OC(COCCCCCCCC/C=C\C/C=C\CCCCCC)COP(=O)([O-])OCC[N+](C)(C)C. The molecule has 0 saturated carbocycles. The van der Waals surface area contributed by atoms with Crippen LogP contribution in [0.4, 0.5) is 0 Å². The quantitative estimate of drug-likeness (QED) is 0.0200. The molecule has 9 heteroatoms. The summed E-state index contributed by atoms with van der Waals surface area (Å²) >= 11 is 0. The fourth-order valence-electron chi connectivity index (χ4n) is 5.57. The average Bonchev–Trinajstić information content (AvgIpc) is 3.15. The molecule has 0 aromatic heterocycles. The average molecular weight is 806 g/mol. The molecule has 0 aromatic carbocycles. The number of carbonyl (C=O) groups excluding carboxylic acids is 1. The predicted molar refractivity (Wildman–Crippen MR) is 235 cm³/mol. The van der Waals surface area contributed by atoms with Crippen molar-refractivity contribution in [2.45, 2.75) is 168 Å². The van der Waals surface area contributed by atoms with E-state index in [1.54, 1.807) is 0 Å². The zero-order valence-corrected chi connectivity index (χ0v) is 37.5. The maximum atomic E-state index is 12.7. The van der Waals surface area contributed by atoms with Gasteiger partial charge in [0, 0.05) is 13.0 Å². The Morgan fingerprint density at radius 2 is 1.04 bits per heavy atom. The Morgan fingerprint density at radius 3 is 1.55 bits per heavy atom. The van der Waals surface area contributed by atoms with Gasteiger partial charge < -0.3 is 27.9 Å². The van der Waals surface area contributed by atoms with Crippen molar-refractivity contribution in [3.63, 3.8) is 0 Å². The second-order valence-electron chi connectivity index (χ2n) is 15.7. The van der Waals surface area contributed by atoms with Crippen molar-refractivity contribution in [1.82, 2.24) is 0 Å². The number of nitrogens with zero attached hydrogens (tertiary/aromatic N) is 1. The molecule has 0 rings (SSSR count). The molecule has 0 aliphatic carbocycles. The van der Waals surface area contributed by atoms with E-state index in [9.17, 15) is 14.3 Å². The smallest absolute Gasteiger partial charge is 0.306 e. The molecular formula is C47H84NO7P. The van der Waals surface area contributed by atoms with Crippen LogP contribution in [0.5, 0.6) is 0 Å². The topological polar surface area (TPSA) is 94.1 Å². The highest BCUT2D eigenvalue weighted by molar-refractivity contribution is 7.45. The Kier molecular flexibility index (Phi) is 38.3. The summed E-state index contributed by atoms with van der Waals surface area (Å²) in [7, 11) is 1.32. The lowest BCUT2D eigenvalue weighted by Gasteiger charge is -2.28. The number of carbonyl (C=O) groups is 1. The molecule has 0 amide bonds. The first-order valence-corrected chi connectivity index (χ1v) is 23.6. The molecule has 0 saturated heterocycles. The Hall–Kier alpha value is -2.06. The van der Waals surface area contributed by atoms with Gasteiger partial charge in [0.15, 0.2) is 0 Å². The molecule has 324 valence electrons. The summed E-state index contributed by atoms with van der Waals surface area (Å²) in [6, 6.07) is 0. The van der Waals surface area contributed by atoms with E-state index >= 15 is 0 Å². The second-order valence-corrected chi connectivity index (χ2v) is 17.1. The molecule has 2 atom stereocenters. The van der Waals surface area contributed by atoms with E-state index < -0.39 is 13.9 Å². The summed E-state index contributed by atoms with van der Waals surface area (Å²) in [5.41, 5.74) is 0. The molecule has 0 fully saturated rings. The molecule has 2 unspecified atom stereocenters. The van der Waals surface area contributed by atoms with Crippen LogP contribution in [-0.4, -0.2) is 70.7 Å². The van der Waals surface area contributed by atoms with Gasteiger partial charge in [-0.15, -0.1) is 0 Å². The number of hydrogen-bond acceptors (Lipinski definition) is 7. The predicted octanol–water partition coefficient (Wildman–Crippen LogP) is 12.5. The van der Waals surface area contributed by atoms with E-state index in [1.165, 1.54) is 51.4 Å². The number of likely N-dealkylation sites (N-methyl/N-ethyl adjacent to an activating group) is 1. The van der Waals surface area contributed by atoms with Gasteiger partial charge in [-0.25, -0.2) is 0 Å². The molecule has 0 aliphatic rings. The van der Waals surface area contributed by atoms with Gasteiger partial charge in [-0.3, -0.25) is 9.36 Å². The van der Waals surface area contributed by atoms with Crippen LogP contribution in [0, 0.1) is 0 Å². The molecule has 0 radical (unpaired) electrons. The van der Waals surface area contributed by atoms with E-state index in [1.807, 2.05) is 21.1 Å². The standard InChI is InChI=1S/C47H84NO7P/c1-6-8-10-12-14-16-18-20-22-24-26-28-30-32-34-36-38-40-47(49)55-46(45-54-56(50,51)53-43-41-48(3,4)5)44-52-42-39-37-35-33-31-29-27-25-23-21-19-17-15-13-11-9-7-2/h8,10,14,16-17,19-20,22-23,25-26,28,46H,6-7,9,11-13,15,18,21,24,27,29-45H2,1-5H3/b10-8-,16-14-,19-17-,22-20-,25-23-,28-26-. The molecule has 0 spiro atoms. The summed E-state index contributed by atoms with van der Waals surface area (Å²) in [6.07, 6.45) is 50.5. The maximum absolute atomic E-state index is 12.7. The number of phosphoric acid groups is 1. The van der Waals surface area contributed by atoms with E-state index in [0.29, 0.717) is 17.6 Å². The molecule has 0 bridgehead atoms. The third-order valence-electron chi connectivity index (χ3n) is 8.99. The molecule has 0 heterocycles. The van der Waals surface area contributed by atoms with Crippen LogP contribution in [0.2, 0.25) is 0 Å². The van der Waals surface area contributed by atoms with Crippen LogP contribution in [0.3, 0.4) is 0 Å². The number of esters is 1. The minimum absolute atomic E-state index is 0.0150. The Labute approximate surface area is 344 Å². The fraction of sp³-hybridized carbons (Fsp3) is 0.723. The first-order chi connectivity index (χ1) is 27.1. The first kappa shape index (κ1) is 53.9. The number of ether oxygens (including phenoxy) is 2. The lowest BCUT2D eigenvalue weighted by molar-refractivity contribution is -0.870. The highest BCUT2D eigenvalue weighted by atomic mass is 31.2. The van der Waals surface area contributed by atoms with Gasteiger partial charge in [-0.05, 0) is 83.5 Å². The van der Waals surface area contributed by atoms with Gasteiger partial charge in [0.25, 0.3) is 7.82 Å². The van der Waals surface area contributed by atoms with Gasteiger partial charge in [0.2, 0.25) is 0 Å². The van der Waals surface area contributed by atoms with Crippen molar-refractivity contribution < 1.29 is 37.3 Å². The van der Waals surface area contributed by atoms with Crippen molar-refractivity contribution in [2.75, 3.05) is 54.1 Å². The molecule has 56 heavy (non-hydrogen) atoms. The number of rotatable bonds is 40. The van der Waals surface area contributed by atoms with E-state index in [-0.39, 0.29) is 32.2 Å². The number of allylic oxidation sites excluding steroid dienone is 12. The highest BCUT2D eigenvalue weighted by Gasteiger charge is 2.20. The number of phosphoric ester groups is 1. The van der Waals surface area contributed by atoms with Crippen LogP contribution in [0.25, 0.3) is 0 Å². The van der Waals surface area contributed by atoms with E-state index in [0.717, 1.165) is 89.9 Å². The van der Waals surface area contributed by atoms with Crippen molar-refractivity contribution in [3.8, 4) is 0 Å². The number of quaternary nitrogens is 1. The second kappa shape index (κ2) is 39.8. The monoisotopic (exact) mass is 806 g/mol.